The van der Waals surface area contributed by atoms with E-state index in [4.69, 9.17) is 0 Å². The Bertz CT molecular complexity index is 875. The van der Waals surface area contributed by atoms with Crippen molar-refractivity contribution in [1.82, 2.24) is 4.98 Å². The Kier molecular flexibility index (Phi) is 4.25. The summed E-state index contributed by atoms with van der Waals surface area (Å²) in [6, 6.07) is 18.1. The Hall–Kier alpha value is -3.01. The summed E-state index contributed by atoms with van der Waals surface area (Å²) in [7, 11) is 0. The van der Waals surface area contributed by atoms with Gasteiger partial charge in [-0.1, -0.05) is 36.4 Å². The molecular formula is C21H20N3O+. The van der Waals surface area contributed by atoms with Crippen molar-refractivity contribution >= 4 is 11.5 Å². The van der Waals surface area contributed by atoms with E-state index in [1.54, 1.807) is 6.20 Å². The third-order valence-corrected chi connectivity index (χ3v) is 4.67. The number of ketones is 1. The topological polar surface area (TPSA) is 45.9 Å². The number of nitrogens with one attached hydrogen (secondary N) is 1. The number of benzene rings is 1. The predicted octanol–water partition coefficient (Wildman–Crippen LogP) is 3.35. The minimum atomic E-state index is -0.162. The fraction of sp³-hybridized carbons (Fsp3) is 0.190. The zero-order valence-corrected chi connectivity index (χ0v) is 13.9. The molecule has 2 aromatic heterocycles. The molecule has 1 aromatic carbocycles. The molecule has 0 saturated carbocycles. The van der Waals surface area contributed by atoms with Gasteiger partial charge in [-0.25, -0.2) is 0 Å². The van der Waals surface area contributed by atoms with Gasteiger partial charge in [-0.3, -0.25) is 9.78 Å². The summed E-state index contributed by atoms with van der Waals surface area (Å²) in [5, 5.41) is 3.41. The van der Waals surface area contributed by atoms with Crippen LogP contribution < -0.4 is 9.88 Å². The summed E-state index contributed by atoms with van der Waals surface area (Å²) < 4.78 is 1.99. The number of aryl methyl sites for hydroxylation is 1. The molecule has 124 valence electrons. The molecule has 1 aliphatic carbocycles. The van der Waals surface area contributed by atoms with Crippen LogP contribution in [0.3, 0.4) is 0 Å². The lowest BCUT2D eigenvalue weighted by Gasteiger charge is -2.18. The fourth-order valence-corrected chi connectivity index (χ4v) is 3.29. The Balaban J connectivity index is 1.46. The molecular weight excluding hydrogens is 310 g/mol. The summed E-state index contributed by atoms with van der Waals surface area (Å²) in [4.78, 5) is 17.0. The molecule has 1 atom stereocenters. The lowest BCUT2D eigenvalue weighted by atomic mass is 9.90. The minimum absolute atomic E-state index is 0.108. The van der Waals surface area contributed by atoms with Crippen LogP contribution in [0, 0.1) is 0 Å². The molecule has 4 rings (SSSR count). The fourth-order valence-electron chi connectivity index (χ4n) is 3.29. The predicted molar refractivity (Wildman–Crippen MR) is 96.3 cm³/mol. The zero-order valence-electron chi connectivity index (χ0n) is 13.9. The van der Waals surface area contributed by atoms with Gasteiger partial charge in [0.2, 0.25) is 11.8 Å². The van der Waals surface area contributed by atoms with E-state index in [1.165, 1.54) is 5.56 Å². The van der Waals surface area contributed by atoms with Gasteiger partial charge in [0.15, 0.2) is 12.4 Å². The van der Waals surface area contributed by atoms with Crippen LogP contribution in [0.4, 0.5) is 5.69 Å². The van der Waals surface area contributed by atoms with E-state index in [0.29, 0.717) is 5.69 Å². The van der Waals surface area contributed by atoms with Gasteiger partial charge < -0.3 is 5.32 Å². The van der Waals surface area contributed by atoms with Crippen LogP contribution in [0.25, 0.3) is 0 Å². The molecule has 0 radical (unpaired) electrons. The molecule has 0 spiro atoms. The van der Waals surface area contributed by atoms with Crippen LogP contribution in [0.2, 0.25) is 0 Å². The highest BCUT2D eigenvalue weighted by Crippen LogP contribution is 2.24. The standard InChI is InChI=1S/C21H19N3O/c25-21-19(9-8-17-7-4-12-22-20(17)21)24-13-10-18(11-14-24)23-15-16-5-2-1-3-6-16/h1-7,10-14,19H,8-9,15H2/p+1. The summed E-state index contributed by atoms with van der Waals surface area (Å²) in [5.41, 5.74) is 3.97. The van der Waals surface area contributed by atoms with E-state index < -0.39 is 0 Å². The number of hydrogen-bond acceptors (Lipinski definition) is 3. The monoisotopic (exact) mass is 330 g/mol. The average molecular weight is 330 g/mol. The molecule has 4 heteroatoms. The highest BCUT2D eigenvalue weighted by molar-refractivity contribution is 5.98. The molecule has 0 bridgehead atoms. The Morgan fingerprint density at radius 2 is 1.84 bits per heavy atom. The van der Waals surface area contributed by atoms with Crippen molar-refractivity contribution in [2.45, 2.75) is 25.4 Å². The Labute approximate surface area is 147 Å². The molecule has 0 aliphatic heterocycles. The number of rotatable bonds is 4. The highest BCUT2D eigenvalue weighted by atomic mass is 16.1. The zero-order chi connectivity index (χ0) is 17.1. The number of hydrogen-bond donors (Lipinski definition) is 1. The number of Topliss-reactive ketones (excluding diaryl/α,β-unsaturated/α-hetero) is 1. The normalized spacial score (nSPS) is 16.3. The van der Waals surface area contributed by atoms with Gasteiger partial charge in [0, 0.05) is 37.0 Å². The maximum Gasteiger partial charge on any atom is 0.249 e. The van der Waals surface area contributed by atoms with E-state index >= 15 is 0 Å². The maximum absolute atomic E-state index is 12.7. The summed E-state index contributed by atoms with van der Waals surface area (Å²) in [5.74, 6) is 0.108. The highest BCUT2D eigenvalue weighted by Gasteiger charge is 2.34. The number of aromatic nitrogens is 2. The van der Waals surface area contributed by atoms with Crippen molar-refractivity contribution in [3.63, 3.8) is 0 Å². The largest absolute Gasteiger partial charge is 0.381 e. The quantitative estimate of drug-likeness (QED) is 0.746. The molecule has 3 aromatic rings. The third-order valence-electron chi connectivity index (χ3n) is 4.67. The van der Waals surface area contributed by atoms with E-state index in [1.807, 2.05) is 59.4 Å². The summed E-state index contributed by atoms with van der Waals surface area (Å²) >= 11 is 0. The molecule has 1 N–H and O–H groups in total. The first kappa shape index (κ1) is 15.5. The minimum Gasteiger partial charge on any atom is -0.381 e. The van der Waals surface area contributed by atoms with Crippen molar-refractivity contribution in [2.75, 3.05) is 5.32 Å². The smallest absolute Gasteiger partial charge is 0.249 e. The van der Waals surface area contributed by atoms with Gasteiger partial charge in [0.05, 0.1) is 0 Å². The number of carbonyl (C=O) groups excluding carboxylic acids is 1. The van der Waals surface area contributed by atoms with Crippen molar-refractivity contribution in [3.05, 3.63) is 90.0 Å². The van der Waals surface area contributed by atoms with E-state index in [0.717, 1.165) is 30.6 Å². The number of carbonyl (C=O) groups is 1. The second-order valence-corrected chi connectivity index (χ2v) is 6.30. The van der Waals surface area contributed by atoms with Crippen molar-refractivity contribution in [3.8, 4) is 0 Å². The molecule has 4 nitrogen and oxygen atoms in total. The summed E-state index contributed by atoms with van der Waals surface area (Å²) in [6.45, 7) is 0.782. The third kappa shape index (κ3) is 3.29. The second kappa shape index (κ2) is 6.85. The van der Waals surface area contributed by atoms with Crippen LogP contribution in [-0.2, 0) is 13.0 Å². The molecule has 2 heterocycles. The lowest BCUT2D eigenvalue weighted by Crippen LogP contribution is -2.45. The van der Waals surface area contributed by atoms with E-state index in [2.05, 4.69) is 22.4 Å². The number of nitrogens with zero attached hydrogens (tertiary/aromatic N) is 2. The first-order valence-corrected chi connectivity index (χ1v) is 8.58. The summed E-state index contributed by atoms with van der Waals surface area (Å²) in [6.07, 6.45) is 7.35. The number of anilines is 1. The molecule has 0 saturated heterocycles. The number of pyridine rings is 2. The first-order chi connectivity index (χ1) is 12.3. The second-order valence-electron chi connectivity index (χ2n) is 6.30. The SMILES string of the molecule is O=C1c2ncccc2CCC1[n+]1ccc(NCc2ccccc2)cc1. The van der Waals surface area contributed by atoms with Crippen LogP contribution in [0.15, 0.2) is 73.2 Å². The van der Waals surface area contributed by atoms with Crippen LogP contribution in [0.5, 0.6) is 0 Å². The lowest BCUT2D eigenvalue weighted by molar-refractivity contribution is -0.708. The molecule has 0 fully saturated rings. The van der Waals surface area contributed by atoms with E-state index in [9.17, 15) is 4.79 Å². The Morgan fingerprint density at radius 1 is 1.04 bits per heavy atom. The van der Waals surface area contributed by atoms with Gasteiger partial charge in [-0.05, 0) is 23.6 Å². The van der Waals surface area contributed by atoms with Crippen LogP contribution in [-0.4, -0.2) is 10.8 Å². The molecule has 0 amide bonds. The van der Waals surface area contributed by atoms with Gasteiger partial charge in [0.1, 0.15) is 5.69 Å². The van der Waals surface area contributed by atoms with Crippen molar-refractivity contribution in [2.24, 2.45) is 0 Å². The van der Waals surface area contributed by atoms with Crippen molar-refractivity contribution < 1.29 is 9.36 Å². The molecule has 1 aliphatic rings. The Morgan fingerprint density at radius 3 is 2.64 bits per heavy atom. The molecule has 25 heavy (non-hydrogen) atoms. The maximum atomic E-state index is 12.7. The first-order valence-electron chi connectivity index (χ1n) is 8.58. The molecule has 1 unspecified atom stereocenters. The van der Waals surface area contributed by atoms with Gasteiger partial charge in [0.25, 0.3) is 0 Å². The van der Waals surface area contributed by atoms with Crippen LogP contribution in [0.1, 0.15) is 34.1 Å². The van der Waals surface area contributed by atoms with Gasteiger partial charge >= 0.3 is 0 Å². The average Bonchev–Trinajstić information content (AvgIpc) is 2.68. The van der Waals surface area contributed by atoms with Gasteiger partial charge in [-0.2, -0.15) is 4.57 Å². The van der Waals surface area contributed by atoms with Crippen molar-refractivity contribution in [1.29, 1.82) is 0 Å². The van der Waals surface area contributed by atoms with E-state index in [-0.39, 0.29) is 11.8 Å². The van der Waals surface area contributed by atoms with Crippen LogP contribution >= 0.6 is 0 Å². The van der Waals surface area contributed by atoms with Gasteiger partial charge in [-0.15, -0.1) is 0 Å². The number of fused-ring (bicyclic) bond motifs is 1.